The van der Waals surface area contributed by atoms with Crippen molar-refractivity contribution in [2.24, 2.45) is 0 Å². The lowest BCUT2D eigenvalue weighted by molar-refractivity contribution is -0.222. The van der Waals surface area contributed by atoms with Crippen LogP contribution in [0.3, 0.4) is 0 Å². The highest BCUT2D eigenvalue weighted by Crippen LogP contribution is 2.32. The van der Waals surface area contributed by atoms with E-state index in [1.807, 2.05) is 0 Å². The van der Waals surface area contributed by atoms with Gasteiger partial charge >= 0.3 is 0 Å². The molecule has 1 aliphatic rings. The Morgan fingerprint density at radius 2 is 2.43 bits per heavy atom. The van der Waals surface area contributed by atoms with Gasteiger partial charge in [0.15, 0.2) is 0 Å². The highest BCUT2D eigenvalue weighted by molar-refractivity contribution is 7.44. The molecular weight excluding hydrogens is 210 g/mol. The number of phosphoric ester groups is 1. The van der Waals surface area contributed by atoms with E-state index in [2.05, 4.69) is 4.52 Å². The van der Waals surface area contributed by atoms with Crippen LogP contribution in [0.5, 0.6) is 0 Å². The maximum Gasteiger partial charge on any atom is 0.265 e. The fraction of sp³-hybridized carbons (Fsp3) is 1.00. The first-order valence-electron chi connectivity index (χ1n) is 4.04. The zero-order chi connectivity index (χ0) is 10.8. The highest BCUT2D eigenvalue weighted by atomic mass is 31.2. The fourth-order valence-electron chi connectivity index (χ4n) is 1.31. The molecule has 2 radical (unpaired) electrons. The Labute approximate surface area is 83.2 Å². The third kappa shape index (κ3) is 3.69. The molecule has 80 valence electrons. The van der Waals surface area contributed by atoms with Crippen LogP contribution in [0.4, 0.5) is 0 Å². The molecule has 0 spiro atoms. The van der Waals surface area contributed by atoms with Crippen molar-refractivity contribution in [3.8, 4) is 0 Å². The number of ether oxygens (including phenoxy) is 2. The summed E-state index contributed by atoms with van der Waals surface area (Å²) in [6.45, 7) is -0.288. The quantitative estimate of drug-likeness (QED) is 0.471. The van der Waals surface area contributed by atoms with Crippen LogP contribution < -0.4 is 4.89 Å². The molecule has 0 bridgehead atoms. The van der Waals surface area contributed by atoms with Gasteiger partial charge in [-0.1, -0.05) is 0 Å². The van der Waals surface area contributed by atoms with Gasteiger partial charge in [-0.3, -0.25) is 4.57 Å². The van der Waals surface area contributed by atoms with Crippen LogP contribution in [-0.2, 0) is 18.6 Å². The van der Waals surface area contributed by atoms with E-state index < -0.39 is 19.9 Å². The number of hydrogen-bond donors (Lipinski definition) is 1. The number of rotatable bonds is 4. The molecule has 0 saturated carbocycles. The summed E-state index contributed by atoms with van der Waals surface area (Å²) < 4.78 is 24.6. The summed E-state index contributed by atoms with van der Waals surface area (Å²) in [7, 11) is 2.23. The van der Waals surface area contributed by atoms with E-state index in [4.69, 9.17) is 22.2 Å². The van der Waals surface area contributed by atoms with E-state index in [1.165, 1.54) is 7.11 Å². The molecule has 1 fully saturated rings. The maximum atomic E-state index is 10.3. The standard InChI is InChI=1S/C6H12BO6P/c1-11-4-2-6(7)13-5(4)3-12-14(8,9)10/h4-6H,2-3H2,1H3,(H2,8,9,10)/p-1/t4?,5-,6-/m1/s1. The van der Waals surface area contributed by atoms with Crippen LogP contribution in [0.25, 0.3) is 0 Å². The molecule has 0 aromatic heterocycles. The Kier molecular flexibility index (Phi) is 4.12. The molecule has 1 N–H and O–H groups in total. The van der Waals surface area contributed by atoms with Crippen LogP contribution in [0.1, 0.15) is 6.42 Å². The Balaban J connectivity index is 2.40. The normalized spacial score (nSPS) is 36.9. The Hall–Kier alpha value is 0.0949. The lowest BCUT2D eigenvalue weighted by Gasteiger charge is -2.21. The van der Waals surface area contributed by atoms with E-state index in [0.717, 1.165) is 0 Å². The van der Waals surface area contributed by atoms with Gasteiger partial charge in [0, 0.05) is 13.1 Å². The summed E-state index contributed by atoms with van der Waals surface area (Å²) in [6, 6.07) is -0.488. The minimum Gasteiger partial charge on any atom is -0.756 e. The molecule has 0 aliphatic carbocycles. The van der Waals surface area contributed by atoms with E-state index in [9.17, 15) is 9.46 Å². The number of hydrogen-bond acceptors (Lipinski definition) is 5. The van der Waals surface area contributed by atoms with Crippen molar-refractivity contribution in [3.63, 3.8) is 0 Å². The van der Waals surface area contributed by atoms with E-state index in [-0.39, 0.29) is 12.7 Å². The Morgan fingerprint density at radius 3 is 2.93 bits per heavy atom. The summed E-state index contributed by atoms with van der Waals surface area (Å²) in [5.41, 5.74) is 0. The molecule has 0 amide bonds. The molecule has 14 heavy (non-hydrogen) atoms. The molecule has 0 aromatic rings. The van der Waals surface area contributed by atoms with Crippen molar-refractivity contribution < 1.29 is 28.3 Å². The van der Waals surface area contributed by atoms with E-state index in [1.54, 1.807) is 0 Å². The summed E-state index contributed by atoms with van der Waals surface area (Å²) in [6.07, 6.45) is -0.403. The molecule has 2 unspecified atom stereocenters. The summed E-state index contributed by atoms with van der Waals surface area (Å²) in [5.74, 6) is 0. The number of methoxy groups -OCH3 is 1. The second-order valence-corrected chi connectivity index (χ2v) is 4.18. The van der Waals surface area contributed by atoms with Gasteiger partial charge in [-0.25, -0.2) is 0 Å². The lowest BCUT2D eigenvalue weighted by Crippen LogP contribution is -2.28. The smallest absolute Gasteiger partial charge is 0.265 e. The SMILES string of the molecule is [B][C@H]1CC(OC)[C@@H](COP(=O)([O-])O)O1. The van der Waals surface area contributed by atoms with Crippen molar-refractivity contribution in [1.82, 2.24) is 0 Å². The van der Waals surface area contributed by atoms with Crippen molar-refractivity contribution in [3.05, 3.63) is 0 Å². The molecule has 6 nitrogen and oxygen atoms in total. The predicted octanol–water partition coefficient (Wildman–Crippen LogP) is -1.24. The van der Waals surface area contributed by atoms with Crippen LogP contribution in [0, 0.1) is 0 Å². The first-order valence-corrected chi connectivity index (χ1v) is 5.54. The van der Waals surface area contributed by atoms with E-state index >= 15 is 0 Å². The predicted molar refractivity (Wildman–Crippen MR) is 45.6 cm³/mol. The van der Waals surface area contributed by atoms with Gasteiger partial charge < -0.3 is 23.8 Å². The van der Waals surface area contributed by atoms with Gasteiger partial charge in [-0.05, 0) is 6.42 Å². The Morgan fingerprint density at radius 1 is 1.79 bits per heavy atom. The zero-order valence-corrected chi connectivity index (χ0v) is 8.55. The van der Waals surface area contributed by atoms with Gasteiger partial charge in [-0.15, -0.1) is 0 Å². The van der Waals surface area contributed by atoms with Gasteiger partial charge in [0.25, 0.3) is 7.82 Å². The highest BCUT2D eigenvalue weighted by Gasteiger charge is 2.33. The van der Waals surface area contributed by atoms with Gasteiger partial charge in [0.1, 0.15) is 14.0 Å². The maximum absolute atomic E-state index is 10.3. The van der Waals surface area contributed by atoms with Crippen LogP contribution >= 0.6 is 7.82 Å². The molecule has 1 heterocycles. The first kappa shape index (κ1) is 12.2. The monoisotopic (exact) mass is 221 g/mol. The summed E-state index contributed by atoms with van der Waals surface area (Å²) in [4.78, 5) is 18.7. The largest absolute Gasteiger partial charge is 0.756 e. The van der Waals surface area contributed by atoms with Crippen LogP contribution in [0.15, 0.2) is 0 Å². The minimum atomic E-state index is -4.70. The number of phosphoric acid groups is 1. The molecule has 1 aliphatic heterocycles. The third-order valence-corrected chi connectivity index (χ3v) is 2.41. The average molecular weight is 221 g/mol. The molecule has 0 aromatic carbocycles. The van der Waals surface area contributed by atoms with Crippen LogP contribution in [0.2, 0.25) is 0 Å². The lowest BCUT2D eigenvalue weighted by atomic mass is 9.96. The van der Waals surface area contributed by atoms with Crippen molar-refractivity contribution in [2.75, 3.05) is 13.7 Å². The minimum absolute atomic E-state index is 0.288. The first-order chi connectivity index (χ1) is 6.42. The molecule has 4 atom stereocenters. The second-order valence-electron chi connectivity index (χ2n) is 2.99. The fourth-order valence-corrected chi connectivity index (χ4v) is 1.65. The average Bonchev–Trinajstić information content (AvgIpc) is 2.41. The third-order valence-electron chi connectivity index (χ3n) is 1.93. The topological polar surface area (TPSA) is 88.1 Å². The molecular formula is C6H11BO6P-. The van der Waals surface area contributed by atoms with Crippen LogP contribution in [-0.4, -0.2) is 44.7 Å². The van der Waals surface area contributed by atoms with Crippen molar-refractivity contribution in [2.45, 2.75) is 24.6 Å². The van der Waals surface area contributed by atoms with Crippen molar-refractivity contribution >= 4 is 15.7 Å². The summed E-state index contributed by atoms with van der Waals surface area (Å²) in [5, 5.41) is 0. The summed E-state index contributed by atoms with van der Waals surface area (Å²) >= 11 is 0. The van der Waals surface area contributed by atoms with Gasteiger partial charge in [-0.2, -0.15) is 0 Å². The zero-order valence-electron chi connectivity index (χ0n) is 7.66. The molecule has 1 saturated heterocycles. The second kappa shape index (κ2) is 4.74. The van der Waals surface area contributed by atoms with Crippen molar-refractivity contribution in [1.29, 1.82) is 0 Å². The van der Waals surface area contributed by atoms with E-state index in [0.29, 0.717) is 6.42 Å². The van der Waals surface area contributed by atoms with Gasteiger partial charge in [0.05, 0.1) is 12.7 Å². The van der Waals surface area contributed by atoms with Gasteiger partial charge in [0.2, 0.25) is 0 Å². The molecule has 1 rings (SSSR count). The molecule has 8 heteroatoms. The Bertz CT molecular complexity index is 230.